The van der Waals surface area contributed by atoms with Crippen molar-refractivity contribution in [3.05, 3.63) is 64.5 Å². The highest BCUT2D eigenvalue weighted by Gasteiger charge is 2.22. The number of rotatable bonds is 8. The summed E-state index contributed by atoms with van der Waals surface area (Å²) in [5.41, 5.74) is 2.28. The van der Waals surface area contributed by atoms with Gasteiger partial charge in [-0.3, -0.25) is 9.36 Å². The van der Waals surface area contributed by atoms with Crippen LogP contribution in [-0.4, -0.2) is 37.9 Å². The Morgan fingerprint density at radius 2 is 2.07 bits per heavy atom. The molecular weight excluding hydrogens is 464 g/mol. The van der Waals surface area contributed by atoms with Gasteiger partial charge in [0.1, 0.15) is 0 Å². The number of carbonyl (C=O) groups excluding carboxylic acids is 1. The van der Waals surface area contributed by atoms with E-state index in [1.54, 1.807) is 0 Å². The summed E-state index contributed by atoms with van der Waals surface area (Å²) in [5, 5.41) is 9.43. The predicted molar refractivity (Wildman–Crippen MR) is 121 cm³/mol. The summed E-state index contributed by atoms with van der Waals surface area (Å²) in [6.07, 6.45) is 5.34. The second-order valence-corrected chi connectivity index (χ2v) is 8.72. The number of carbonyl (C=O) groups is 1. The number of hydrogen-bond acceptors (Lipinski definition) is 5. The van der Waals surface area contributed by atoms with Gasteiger partial charge in [-0.25, -0.2) is 0 Å². The second-order valence-electron chi connectivity index (χ2n) is 7.00. The topological polar surface area (TPSA) is 64.2 Å². The van der Waals surface area contributed by atoms with Crippen LogP contribution >= 0.6 is 27.7 Å². The lowest BCUT2D eigenvalue weighted by atomic mass is 10.2. The quantitative estimate of drug-likeness (QED) is 0.401. The minimum absolute atomic E-state index is 0.104. The monoisotopic (exact) mass is 486 g/mol. The maximum Gasteiger partial charge on any atom is 0.237 e. The van der Waals surface area contributed by atoms with Gasteiger partial charge in [-0.2, -0.15) is 0 Å². The zero-order chi connectivity index (χ0) is 20.9. The molecule has 0 fully saturated rings. The summed E-state index contributed by atoms with van der Waals surface area (Å²) in [5.74, 6) is 1.70. The highest BCUT2D eigenvalue weighted by Crippen LogP contribution is 2.29. The van der Waals surface area contributed by atoms with E-state index in [0.717, 1.165) is 30.5 Å². The number of aromatic nitrogens is 3. The van der Waals surface area contributed by atoms with Crippen LogP contribution in [0.15, 0.2) is 68.5 Å². The Bertz CT molecular complexity index is 1040. The summed E-state index contributed by atoms with van der Waals surface area (Å²) in [6.45, 7) is 3.31. The Balaban J connectivity index is 1.56. The molecular formula is C22H23BrN4O2S. The summed E-state index contributed by atoms with van der Waals surface area (Å²) in [6, 6.07) is 13.8. The van der Waals surface area contributed by atoms with Gasteiger partial charge in [0.2, 0.25) is 11.7 Å². The predicted octanol–water partition coefficient (Wildman–Crippen LogP) is 5.36. The van der Waals surface area contributed by atoms with E-state index in [9.17, 15) is 4.79 Å². The maximum absolute atomic E-state index is 12.9. The average molecular weight is 487 g/mol. The van der Waals surface area contributed by atoms with Crippen LogP contribution in [0.3, 0.4) is 0 Å². The van der Waals surface area contributed by atoms with Crippen LogP contribution in [-0.2, 0) is 11.3 Å². The van der Waals surface area contributed by atoms with Crippen molar-refractivity contribution >= 4 is 33.6 Å². The van der Waals surface area contributed by atoms with Gasteiger partial charge >= 0.3 is 0 Å². The average Bonchev–Trinajstić information content (AvgIpc) is 3.50. The SMILES string of the molecule is CCN(C(=O)CSc1nnc(-c2ccc(Br)o2)n1Cc1ccccc1)C1=CCCC1. The first-order valence-electron chi connectivity index (χ1n) is 10.0. The molecule has 1 aliphatic rings. The van der Waals surface area contributed by atoms with E-state index < -0.39 is 0 Å². The van der Waals surface area contributed by atoms with Crippen LogP contribution in [0, 0.1) is 0 Å². The van der Waals surface area contributed by atoms with E-state index in [1.165, 1.54) is 11.8 Å². The summed E-state index contributed by atoms with van der Waals surface area (Å²) >= 11 is 4.77. The molecule has 0 atom stereocenters. The summed E-state index contributed by atoms with van der Waals surface area (Å²) in [7, 11) is 0. The smallest absolute Gasteiger partial charge is 0.237 e. The Hall–Kier alpha value is -2.32. The van der Waals surface area contributed by atoms with Crippen molar-refractivity contribution in [2.45, 2.75) is 37.9 Å². The van der Waals surface area contributed by atoms with Crippen molar-refractivity contribution in [2.75, 3.05) is 12.3 Å². The molecule has 4 rings (SSSR count). The molecule has 0 spiro atoms. The lowest BCUT2D eigenvalue weighted by molar-refractivity contribution is -0.126. The largest absolute Gasteiger partial charge is 0.446 e. The van der Waals surface area contributed by atoms with Crippen LogP contribution in [0.2, 0.25) is 0 Å². The molecule has 0 N–H and O–H groups in total. The van der Waals surface area contributed by atoms with Crippen molar-refractivity contribution in [1.29, 1.82) is 0 Å². The number of amides is 1. The standard InChI is InChI=1S/C22H23BrN4O2S/c1-2-26(17-10-6-7-11-17)20(28)15-30-22-25-24-21(18-12-13-19(23)29-18)27(22)14-16-8-4-3-5-9-16/h3-5,8-10,12-13H,2,6-7,11,14-15H2,1H3. The third kappa shape index (κ3) is 4.70. The highest BCUT2D eigenvalue weighted by molar-refractivity contribution is 9.10. The molecule has 156 valence electrons. The first-order valence-corrected chi connectivity index (χ1v) is 11.8. The number of allylic oxidation sites excluding steroid dienone is 2. The lowest BCUT2D eigenvalue weighted by Gasteiger charge is -2.22. The molecule has 0 aliphatic heterocycles. The van der Waals surface area contributed by atoms with Gasteiger partial charge in [0.15, 0.2) is 15.6 Å². The third-order valence-electron chi connectivity index (χ3n) is 5.00. The normalized spacial score (nSPS) is 13.5. The number of halogens is 1. The van der Waals surface area contributed by atoms with Crippen LogP contribution in [0.5, 0.6) is 0 Å². The van der Waals surface area contributed by atoms with Crippen molar-refractivity contribution in [2.24, 2.45) is 0 Å². The molecule has 1 aliphatic carbocycles. The van der Waals surface area contributed by atoms with Crippen LogP contribution in [0.4, 0.5) is 0 Å². The van der Waals surface area contributed by atoms with E-state index in [-0.39, 0.29) is 5.91 Å². The van der Waals surface area contributed by atoms with Gasteiger partial charge < -0.3 is 9.32 Å². The molecule has 3 aromatic rings. The fourth-order valence-electron chi connectivity index (χ4n) is 3.56. The molecule has 8 heteroatoms. The molecule has 2 aromatic heterocycles. The molecule has 0 saturated carbocycles. The third-order valence-corrected chi connectivity index (χ3v) is 6.38. The molecule has 30 heavy (non-hydrogen) atoms. The van der Waals surface area contributed by atoms with Crippen molar-refractivity contribution < 1.29 is 9.21 Å². The molecule has 1 aromatic carbocycles. The van der Waals surface area contributed by atoms with E-state index in [0.29, 0.717) is 40.3 Å². The molecule has 0 saturated heterocycles. The van der Waals surface area contributed by atoms with Gasteiger partial charge in [0, 0.05) is 12.2 Å². The molecule has 1 amide bonds. The fraction of sp³-hybridized carbons (Fsp3) is 0.318. The van der Waals surface area contributed by atoms with Crippen molar-refractivity contribution in [3.8, 4) is 11.6 Å². The van der Waals surface area contributed by atoms with Gasteiger partial charge in [0.05, 0.1) is 12.3 Å². The van der Waals surface area contributed by atoms with E-state index >= 15 is 0 Å². The Morgan fingerprint density at radius 3 is 2.73 bits per heavy atom. The van der Waals surface area contributed by atoms with Crippen LogP contribution < -0.4 is 0 Å². The number of hydrogen-bond donors (Lipinski definition) is 0. The van der Waals surface area contributed by atoms with Crippen LogP contribution in [0.25, 0.3) is 11.6 Å². The zero-order valence-corrected chi connectivity index (χ0v) is 19.2. The van der Waals surface area contributed by atoms with Gasteiger partial charge in [0.25, 0.3) is 0 Å². The Kier molecular flexibility index (Phi) is 6.74. The first-order chi connectivity index (χ1) is 14.7. The number of thioether (sulfide) groups is 1. The fourth-order valence-corrected chi connectivity index (χ4v) is 4.68. The highest BCUT2D eigenvalue weighted by atomic mass is 79.9. The first kappa shape index (κ1) is 20.9. The molecule has 0 unspecified atom stereocenters. The summed E-state index contributed by atoms with van der Waals surface area (Å²) in [4.78, 5) is 14.8. The minimum atomic E-state index is 0.104. The van der Waals surface area contributed by atoms with Gasteiger partial charge in [-0.15, -0.1) is 10.2 Å². The second kappa shape index (κ2) is 9.66. The van der Waals surface area contributed by atoms with E-state index in [1.807, 2.05) is 46.7 Å². The molecule has 2 heterocycles. The van der Waals surface area contributed by atoms with Crippen LogP contribution in [0.1, 0.15) is 31.7 Å². The van der Waals surface area contributed by atoms with E-state index in [2.05, 4.69) is 44.3 Å². The Morgan fingerprint density at radius 1 is 1.23 bits per heavy atom. The zero-order valence-electron chi connectivity index (χ0n) is 16.8. The molecule has 0 radical (unpaired) electrons. The number of nitrogens with zero attached hydrogens (tertiary/aromatic N) is 4. The van der Waals surface area contributed by atoms with Gasteiger partial charge in [-0.1, -0.05) is 48.2 Å². The van der Waals surface area contributed by atoms with Crippen molar-refractivity contribution in [1.82, 2.24) is 19.7 Å². The van der Waals surface area contributed by atoms with E-state index in [4.69, 9.17) is 4.42 Å². The lowest BCUT2D eigenvalue weighted by Crippen LogP contribution is -2.31. The minimum Gasteiger partial charge on any atom is -0.446 e. The maximum atomic E-state index is 12.9. The number of furan rings is 1. The molecule has 0 bridgehead atoms. The Labute approximate surface area is 188 Å². The molecule has 6 nitrogen and oxygen atoms in total. The number of benzene rings is 1. The summed E-state index contributed by atoms with van der Waals surface area (Å²) < 4.78 is 8.35. The van der Waals surface area contributed by atoms with Crippen molar-refractivity contribution in [3.63, 3.8) is 0 Å². The van der Waals surface area contributed by atoms with Gasteiger partial charge in [-0.05, 0) is 59.8 Å².